The summed E-state index contributed by atoms with van der Waals surface area (Å²) in [7, 11) is 0. The number of amides is 2. The van der Waals surface area contributed by atoms with Crippen LogP contribution in [0.2, 0.25) is 0 Å². The summed E-state index contributed by atoms with van der Waals surface area (Å²) >= 11 is 0. The summed E-state index contributed by atoms with van der Waals surface area (Å²) in [6, 6.07) is 12.9. The van der Waals surface area contributed by atoms with Crippen LogP contribution < -0.4 is 11.5 Å². The van der Waals surface area contributed by atoms with E-state index in [1.54, 1.807) is 18.2 Å². The summed E-state index contributed by atoms with van der Waals surface area (Å²) in [6.45, 7) is 3.36. The second kappa shape index (κ2) is 6.97. The van der Waals surface area contributed by atoms with Crippen LogP contribution in [-0.2, 0) is 0 Å². The van der Waals surface area contributed by atoms with E-state index in [-0.39, 0.29) is 5.91 Å². The number of anilines is 1. The zero-order valence-corrected chi connectivity index (χ0v) is 14.4. The molecule has 3 rings (SSSR count). The Kier molecular flexibility index (Phi) is 4.74. The van der Waals surface area contributed by atoms with Crippen molar-refractivity contribution >= 4 is 17.5 Å². The molecule has 2 aromatic carbocycles. The van der Waals surface area contributed by atoms with Crippen LogP contribution in [0.15, 0.2) is 42.5 Å². The molecule has 1 heterocycles. The van der Waals surface area contributed by atoms with E-state index in [2.05, 4.69) is 0 Å². The lowest BCUT2D eigenvalue weighted by Gasteiger charge is -2.32. The molecule has 1 fully saturated rings. The zero-order valence-electron chi connectivity index (χ0n) is 14.4. The Bertz CT molecular complexity index is 791. The van der Waals surface area contributed by atoms with Gasteiger partial charge in [-0.3, -0.25) is 9.59 Å². The van der Waals surface area contributed by atoms with Gasteiger partial charge in [0.2, 0.25) is 5.91 Å². The van der Waals surface area contributed by atoms with Gasteiger partial charge >= 0.3 is 0 Å². The number of nitrogens with two attached hydrogens (primary N) is 2. The quantitative estimate of drug-likeness (QED) is 0.844. The van der Waals surface area contributed by atoms with Gasteiger partial charge < -0.3 is 16.4 Å². The average molecular weight is 337 g/mol. The fourth-order valence-corrected chi connectivity index (χ4v) is 3.29. The number of nitrogens with zero attached hydrogens (tertiary/aromatic N) is 1. The van der Waals surface area contributed by atoms with Gasteiger partial charge in [-0.1, -0.05) is 18.2 Å². The highest BCUT2D eigenvalue weighted by Gasteiger charge is 2.24. The molecule has 1 aliphatic heterocycles. The van der Waals surface area contributed by atoms with Crippen molar-refractivity contribution < 1.29 is 9.59 Å². The molecule has 0 saturated carbocycles. The van der Waals surface area contributed by atoms with Crippen LogP contribution in [0.3, 0.4) is 0 Å². The third-order valence-corrected chi connectivity index (χ3v) is 4.97. The van der Waals surface area contributed by atoms with Gasteiger partial charge in [0.1, 0.15) is 0 Å². The Balaban J connectivity index is 1.64. The maximum Gasteiger partial charge on any atom is 0.253 e. The number of hydrogen-bond donors (Lipinski definition) is 2. The molecule has 0 aliphatic carbocycles. The number of piperidine rings is 1. The molecule has 0 atom stereocenters. The first-order valence-electron chi connectivity index (χ1n) is 8.51. The second-order valence-electron chi connectivity index (χ2n) is 6.62. The van der Waals surface area contributed by atoms with Crippen molar-refractivity contribution in [2.45, 2.75) is 25.7 Å². The van der Waals surface area contributed by atoms with Crippen LogP contribution >= 0.6 is 0 Å². The van der Waals surface area contributed by atoms with Crippen molar-refractivity contribution in [3.63, 3.8) is 0 Å². The highest BCUT2D eigenvalue weighted by atomic mass is 16.2. The summed E-state index contributed by atoms with van der Waals surface area (Å²) in [4.78, 5) is 25.7. The van der Waals surface area contributed by atoms with E-state index in [1.165, 1.54) is 5.56 Å². The number of nitrogen functional groups attached to an aromatic ring is 1. The predicted octanol–water partition coefficient (Wildman–Crippen LogP) is 2.70. The molecule has 0 bridgehead atoms. The van der Waals surface area contributed by atoms with Gasteiger partial charge in [0.15, 0.2) is 0 Å². The molecular weight excluding hydrogens is 314 g/mol. The molecular formula is C20H23N3O2. The van der Waals surface area contributed by atoms with Crippen LogP contribution in [-0.4, -0.2) is 29.8 Å². The van der Waals surface area contributed by atoms with Crippen LogP contribution in [0.1, 0.15) is 50.6 Å². The molecule has 1 saturated heterocycles. The molecule has 2 aromatic rings. The van der Waals surface area contributed by atoms with Crippen molar-refractivity contribution in [2.24, 2.45) is 5.73 Å². The number of likely N-dealkylation sites (tertiary alicyclic amines) is 1. The molecule has 5 heteroatoms. The maximum absolute atomic E-state index is 12.6. The molecule has 0 radical (unpaired) electrons. The third-order valence-electron chi connectivity index (χ3n) is 4.97. The summed E-state index contributed by atoms with van der Waals surface area (Å²) in [5, 5.41) is 0. The fourth-order valence-electron chi connectivity index (χ4n) is 3.29. The molecule has 0 aromatic heterocycles. The molecule has 2 amide bonds. The standard InChI is InChI=1S/C20H23N3O2/c1-13-2-3-17(12-18(13)21)20(25)23-10-8-15(9-11-23)14-4-6-16(7-5-14)19(22)24/h2-7,12,15H,8-11,21H2,1H3,(H2,22,24). The van der Waals surface area contributed by atoms with E-state index in [9.17, 15) is 9.59 Å². The van der Waals surface area contributed by atoms with Gasteiger partial charge in [-0.25, -0.2) is 0 Å². The largest absolute Gasteiger partial charge is 0.398 e. The van der Waals surface area contributed by atoms with Gasteiger partial charge in [-0.05, 0) is 61.1 Å². The maximum atomic E-state index is 12.6. The first-order valence-corrected chi connectivity index (χ1v) is 8.51. The van der Waals surface area contributed by atoms with Crippen LogP contribution in [0.5, 0.6) is 0 Å². The van der Waals surface area contributed by atoms with Gasteiger partial charge in [-0.15, -0.1) is 0 Å². The molecule has 0 unspecified atom stereocenters. The first-order chi connectivity index (χ1) is 12.0. The van der Waals surface area contributed by atoms with E-state index >= 15 is 0 Å². The summed E-state index contributed by atoms with van der Waals surface area (Å²) in [5.74, 6) is 0.0210. The number of carbonyl (C=O) groups is 2. The SMILES string of the molecule is Cc1ccc(C(=O)N2CCC(c3ccc(C(N)=O)cc3)CC2)cc1N. The molecule has 25 heavy (non-hydrogen) atoms. The Labute approximate surface area is 147 Å². The topological polar surface area (TPSA) is 89.4 Å². The first kappa shape index (κ1) is 17.0. The Morgan fingerprint density at radius 2 is 1.60 bits per heavy atom. The van der Waals surface area contributed by atoms with Crippen LogP contribution in [0.25, 0.3) is 0 Å². The summed E-state index contributed by atoms with van der Waals surface area (Å²) in [6.07, 6.45) is 1.81. The van der Waals surface area contributed by atoms with Crippen molar-refractivity contribution in [3.05, 3.63) is 64.7 Å². The number of hydrogen-bond acceptors (Lipinski definition) is 3. The minimum absolute atomic E-state index is 0.0363. The number of carbonyl (C=O) groups excluding carboxylic acids is 2. The van der Waals surface area contributed by atoms with E-state index in [1.807, 2.05) is 36.1 Å². The Morgan fingerprint density at radius 1 is 1.00 bits per heavy atom. The third kappa shape index (κ3) is 3.65. The number of benzene rings is 2. The molecule has 1 aliphatic rings. The molecule has 4 N–H and O–H groups in total. The van der Waals surface area contributed by atoms with E-state index in [0.717, 1.165) is 31.5 Å². The predicted molar refractivity (Wildman–Crippen MR) is 98.4 cm³/mol. The van der Waals surface area contributed by atoms with E-state index in [4.69, 9.17) is 11.5 Å². The number of rotatable bonds is 3. The lowest BCUT2D eigenvalue weighted by atomic mass is 9.88. The molecule has 130 valence electrons. The van der Waals surface area contributed by atoms with Gasteiger partial charge in [0, 0.05) is 29.9 Å². The van der Waals surface area contributed by atoms with Crippen molar-refractivity contribution in [2.75, 3.05) is 18.8 Å². The van der Waals surface area contributed by atoms with Gasteiger partial charge in [0.05, 0.1) is 0 Å². The zero-order chi connectivity index (χ0) is 18.0. The monoisotopic (exact) mass is 337 g/mol. The number of aryl methyl sites for hydroxylation is 1. The highest BCUT2D eigenvalue weighted by Crippen LogP contribution is 2.29. The highest BCUT2D eigenvalue weighted by molar-refractivity contribution is 5.95. The lowest BCUT2D eigenvalue weighted by Crippen LogP contribution is -2.38. The number of primary amides is 1. The van der Waals surface area contributed by atoms with Crippen molar-refractivity contribution in [3.8, 4) is 0 Å². The van der Waals surface area contributed by atoms with Crippen LogP contribution in [0.4, 0.5) is 5.69 Å². The van der Waals surface area contributed by atoms with Gasteiger partial charge in [-0.2, -0.15) is 0 Å². The smallest absolute Gasteiger partial charge is 0.253 e. The van der Waals surface area contributed by atoms with E-state index < -0.39 is 5.91 Å². The second-order valence-corrected chi connectivity index (χ2v) is 6.62. The molecule has 0 spiro atoms. The van der Waals surface area contributed by atoms with E-state index in [0.29, 0.717) is 22.7 Å². The molecule has 5 nitrogen and oxygen atoms in total. The Morgan fingerprint density at radius 3 is 2.16 bits per heavy atom. The van der Waals surface area contributed by atoms with Gasteiger partial charge in [0.25, 0.3) is 5.91 Å². The minimum Gasteiger partial charge on any atom is -0.398 e. The Hall–Kier alpha value is -2.82. The lowest BCUT2D eigenvalue weighted by molar-refractivity contribution is 0.0712. The normalized spacial score (nSPS) is 15.2. The average Bonchev–Trinajstić information content (AvgIpc) is 2.63. The summed E-state index contributed by atoms with van der Waals surface area (Å²) < 4.78 is 0. The summed E-state index contributed by atoms with van der Waals surface area (Å²) in [5.41, 5.74) is 15.2. The van der Waals surface area contributed by atoms with Crippen molar-refractivity contribution in [1.29, 1.82) is 0 Å². The fraction of sp³-hybridized carbons (Fsp3) is 0.300. The van der Waals surface area contributed by atoms with Crippen molar-refractivity contribution in [1.82, 2.24) is 4.90 Å². The van der Waals surface area contributed by atoms with Crippen LogP contribution in [0, 0.1) is 6.92 Å². The minimum atomic E-state index is -0.413.